The third kappa shape index (κ3) is 5.47. The minimum atomic E-state index is -1.10. The van der Waals surface area contributed by atoms with Gasteiger partial charge in [-0.2, -0.15) is 0 Å². The second-order valence-corrected chi connectivity index (χ2v) is 9.61. The molecule has 2 heterocycles. The van der Waals surface area contributed by atoms with E-state index in [-0.39, 0.29) is 28.7 Å². The summed E-state index contributed by atoms with van der Waals surface area (Å²) in [5, 5.41) is 11.3. The number of unbranched alkanes of at least 4 members (excludes halogenated alkanes) is 1. The van der Waals surface area contributed by atoms with Crippen LogP contribution in [0.1, 0.15) is 52.0 Å². The summed E-state index contributed by atoms with van der Waals surface area (Å²) in [6, 6.07) is 6.61. The van der Waals surface area contributed by atoms with Gasteiger partial charge in [-0.1, -0.05) is 36.5 Å². The largest absolute Gasteiger partial charge is 0.491 e. The third-order valence-corrected chi connectivity index (χ3v) is 6.08. The highest BCUT2D eigenvalue weighted by molar-refractivity contribution is 6.42. The van der Waals surface area contributed by atoms with Crippen molar-refractivity contribution in [3.8, 4) is 5.75 Å². The van der Waals surface area contributed by atoms with Crippen molar-refractivity contribution < 1.29 is 19.1 Å². The summed E-state index contributed by atoms with van der Waals surface area (Å²) in [5.41, 5.74) is -0.627. The van der Waals surface area contributed by atoms with Crippen LogP contribution in [0.15, 0.2) is 39.7 Å². The first kappa shape index (κ1) is 25.0. The van der Waals surface area contributed by atoms with Crippen molar-refractivity contribution in [2.24, 2.45) is 0 Å². The van der Waals surface area contributed by atoms with Gasteiger partial charge in [0.05, 0.1) is 47.1 Å². The summed E-state index contributed by atoms with van der Waals surface area (Å²) >= 11 is 12.5. The lowest BCUT2D eigenvalue weighted by atomic mass is 10.0. The monoisotopic (exact) mass is 494 g/mol. The second kappa shape index (κ2) is 10.1. The maximum atomic E-state index is 13.6. The number of furan rings is 1. The third-order valence-electron chi connectivity index (χ3n) is 5.36. The Labute approximate surface area is 202 Å². The Morgan fingerprint density at radius 2 is 1.88 bits per heavy atom. The predicted octanol–water partition coefficient (Wildman–Crippen LogP) is 6.41. The number of fused-ring (bicyclic) bond motifs is 1. The topological polar surface area (TPSA) is 84.9 Å². The maximum absolute atomic E-state index is 13.6. The number of hydrogen-bond donors (Lipinski definition) is 1. The minimum absolute atomic E-state index is 0.0631. The van der Waals surface area contributed by atoms with Crippen LogP contribution in [0.4, 0.5) is 4.79 Å². The summed E-state index contributed by atoms with van der Waals surface area (Å²) in [6.07, 6.45) is 2.12. The lowest BCUT2D eigenvalue weighted by Crippen LogP contribution is -2.45. The van der Waals surface area contributed by atoms with Gasteiger partial charge < -0.3 is 14.3 Å². The molecule has 0 aliphatic heterocycles. The Balaban J connectivity index is 2.34. The molecule has 0 unspecified atom stereocenters. The molecule has 9 heteroatoms. The molecular weight excluding hydrogens is 467 g/mol. The first-order chi connectivity index (χ1) is 15.5. The molecule has 0 radical (unpaired) electrons. The number of amides is 1. The van der Waals surface area contributed by atoms with E-state index in [2.05, 4.69) is 0 Å². The number of rotatable bonds is 8. The predicted molar refractivity (Wildman–Crippen MR) is 130 cm³/mol. The molecule has 0 atom stereocenters. The number of nitrogens with zero attached hydrogens (tertiary/aromatic N) is 2. The average molecular weight is 495 g/mol. The van der Waals surface area contributed by atoms with E-state index in [1.165, 1.54) is 21.8 Å². The van der Waals surface area contributed by atoms with Gasteiger partial charge in [-0.3, -0.25) is 14.3 Å². The van der Waals surface area contributed by atoms with E-state index in [4.69, 9.17) is 32.4 Å². The van der Waals surface area contributed by atoms with Crippen molar-refractivity contribution in [1.82, 2.24) is 9.47 Å². The Hall–Kier alpha value is -2.64. The van der Waals surface area contributed by atoms with Crippen LogP contribution in [-0.4, -0.2) is 32.8 Å². The quantitative estimate of drug-likeness (QED) is 0.365. The van der Waals surface area contributed by atoms with Gasteiger partial charge in [0, 0.05) is 10.9 Å². The lowest BCUT2D eigenvalue weighted by molar-refractivity contribution is 0.0929. The molecule has 0 aliphatic rings. The Bertz CT molecular complexity index is 1200. The van der Waals surface area contributed by atoms with Crippen molar-refractivity contribution in [2.75, 3.05) is 6.61 Å². The number of halogens is 2. The molecule has 1 aromatic carbocycles. The number of aromatic nitrogens is 1. The SMILES string of the molecule is CCCCOc1c(CN(C(=O)O)C(C)(C)C)n(Cc2ccco2)c(=O)c2cc(Cl)c(Cl)cc12. The number of pyridine rings is 1. The highest BCUT2D eigenvalue weighted by atomic mass is 35.5. The normalized spacial score (nSPS) is 11.7. The van der Waals surface area contributed by atoms with Crippen LogP contribution in [0.25, 0.3) is 10.8 Å². The zero-order valence-electron chi connectivity index (χ0n) is 19.2. The molecule has 3 aromatic rings. The van der Waals surface area contributed by atoms with E-state index in [0.717, 1.165) is 12.8 Å². The van der Waals surface area contributed by atoms with Crippen molar-refractivity contribution in [2.45, 2.75) is 59.2 Å². The fourth-order valence-corrected chi connectivity index (χ4v) is 3.89. The minimum Gasteiger partial charge on any atom is -0.491 e. The average Bonchev–Trinajstić information content (AvgIpc) is 3.24. The number of ether oxygens (including phenoxy) is 1. The van der Waals surface area contributed by atoms with E-state index in [0.29, 0.717) is 34.6 Å². The second-order valence-electron chi connectivity index (χ2n) is 8.80. The standard InChI is InChI=1S/C24H28Cl2N2O5/c1-5-6-9-33-21-16-11-18(25)19(26)12-17(16)22(29)27(13-15-8-7-10-32-15)20(21)14-28(23(30)31)24(2,3)4/h7-8,10-12H,5-6,9,13-14H2,1-4H3,(H,30,31). The lowest BCUT2D eigenvalue weighted by Gasteiger charge is -2.34. The molecule has 0 saturated heterocycles. The Morgan fingerprint density at radius 1 is 1.21 bits per heavy atom. The van der Waals surface area contributed by atoms with Crippen LogP contribution in [-0.2, 0) is 13.1 Å². The van der Waals surface area contributed by atoms with E-state index >= 15 is 0 Å². The van der Waals surface area contributed by atoms with Gasteiger partial charge in [-0.25, -0.2) is 4.79 Å². The zero-order chi connectivity index (χ0) is 24.3. The van der Waals surface area contributed by atoms with Crippen LogP contribution >= 0.6 is 23.2 Å². The molecule has 2 aromatic heterocycles. The molecule has 1 N–H and O–H groups in total. The van der Waals surface area contributed by atoms with Gasteiger partial charge in [-0.15, -0.1) is 0 Å². The summed E-state index contributed by atoms with van der Waals surface area (Å²) < 4.78 is 13.2. The van der Waals surface area contributed by atoms with Crippen LogP contribution in [0, 0.1) is 0 Å². The van der Waals surface area contributed by atoms with E-state index in [1.807, 2.05) is 6.92 Å². The summed E-state index contributed by atoms with van der Waals surface area (Å²) in [7, 11) is 0. The number of carbonyl (C=O) groups is 1. The Kier molecular flexibility index (Phi) is 7.65. The van der Waals surface area contributed by atoms with Gasteiger partial charge in [-0.05, 0) is 51.5 Å². The van der Waals surface area contributed by atoms with E-state index < -0.39 is 11.6 Å². The zero-order valence-corrected chi connectivity index (χ0v) is 20.7. The summed E-state index contributed by atoms with van der Waals surface area (Å²) in [4.78, 5) is 27.0. The van der Waals surface area contributed by atoms with Crippen molar-refractivity contribution in [3.63, 3.8) is 0 Å². The van der Waals surface area contributed by atoms with E-state index in [1.54, 1.807) is 39.0 Å². The van der Waals surface area contributed by atoms with Crippen LogP contribution in [0.3, 0.4) is 0 Å². The van der Waals surface area contributed by atoms with Crippen molar-refractivity contribution in [3.05, 3.63) is 62.4 Å². The molecule has 0 aliphatic carbocycles. The number of carboxylic acid groups (broad SMARTS) is 1. The molecule has 33 heavy (non-hydrogen) atoms. The first-order valence-corrected chi connectivity index (χ1v) is 11.5. The first-order valence-electron chi connectivity index (χ1n) is 10.7. The summed E-state index contributed by atoms with van der Waals surface area (Å²) in [6.45, 7) is 7.89. The number of benzene rings is 1. The molecule has 0 saturated carbocycles. The number of hydrogen-bond acceptors (Lipinski definition) is 4. The molecule has 7 nitrogen and oxygen atoms in total. The fourth-order valence-electron chi connectivity index (χ4n) is 3.56. The van der Waals surface area contributed by atoms with Gasteiger partial charge in [0.1, 0.15) is 11.5 Å². The van der Waals surface area contributed by atoms with Crippen LogP contribution in [0.2, 0.25) is 10.0 Å². The molecule has 1 amide bonds. The molecular formula is C24H28Cl2N2O5. The van der Waals surface area contributed by atoms with Crippen LogP contribution < -0.4 is 10.3 Å². The molecule has 0 spiro atoms. The Morgan fingerprint density at radius 3 is 2.42 bits per heavy atom. The van der Waals surface area contributed by atoms with Crippen molar-refractivity contribution in [1.29, 1.82) is 0 Å². The highest BCUT2D eigenvalue weighted by Crippen LogP contribution is 2.35. The van der Waals surface area contributed by atoms with Gasteiger partial charge in [0.15, 0.2) is 0 Å². The fraction of sp³-hybridized carbons (Fsp3) is 0.417. The molecule has 178 valence electrons. The molecule has 0 bridgehead atoms. The maximum Gasteiger partial charge on any atom is 0.408 e. The summed E-state index contributed by atoms with van der Waals surface area (Å²) in [5.74, 6) is 0.966. The van der Waals surface area contributed by atoms with Crippen LogP contribution in [0.5, 0.6) is 5.75 Å². The van der Waals surface area contributed by atoms with Gasteiger partial charge in [0.2, 0.25) is 0 Å². The molecule has 3 rings (SSSR count). The van der Waals surface area contributed by atoms with Gasteiger partial charge >= 0.3 is 6.09 Å². The van der Waals surface area contributed by atoms with Gasteiger partial charge in [0.25, 0.3) is 5.56 Å². The molecule has 0 fully saturated rings. The smallest absolute Gasteiger partial charge is 0.408 e. The van der Waals surface area contributed by atoms with Crippen molar-refractivity contribution >= 4 is 40.1 Å². The highest BCUT2D eigenvalue weighted by Gasteiger charge is 2.30. The van der Waals surface area contributed by atoms with E-state index in [9.17, 15) is 14.7 Å².